The van der Waals surface area contributed by atoms with Crippen molar-refractivity contribution in [3.05, 3.63) is 59.2 Å². The number of aromatic nitrogens is 3. The van der Waals surface area contributed by atoms with Crippen molar-refractivity contribution in [3.8, 4) is 23.0 Å². The summed E-state index contributed by atoms with van der Waals surface area (Å²) >= 11 is 0. The lowest BCUT2D eigenvalue weighted by molar-refractivity contribution is 0.0965. The molecule has 2 saturated heterocycles. The smallest absolute Gasteiger partial charge is 0.255 e. The van der Waals surface area contributed by atoms with Gasteiger partial charge >= 0.3 is 0 Å². The number of rotatable bonds is 4. The molecular weight excluding hydrogens is 445 g/mol. The number of nitriles is 1. The lowest BCUT2D eigenvalue weighted by Crippen LogP contribution is -2.44. The minimum absolute atomic E-state index is 0.134. The summed E-state index contributed by atoms with van der Waals surface area (Å²) in [6.07, 6.45) is 6.68. The lowest BCUT2D eigenvalue weighted by atomic mass is 10.0. The number of nitrogens with zero attached hydrogens (tertiary/aromatic N) is 6. The minimum atomic E-state index is -0.526. The zero-order valence-electron chi connectivity index (χ0n) is 19.4. The van der Waals surface area contributed by atoms with Crippen molar-refractivity contribution >= 4 is 11.7 Å². The number of amides is 1. The van der Waals surface area contributed by atoms with Crippen LogP contribution in [-0.2, 0) is 6.54 Å². The summed E-state index contributed by atoms with van der Waals surface area (Å²) in [5.41, 5.74) is 2.14. The molecular formula is C26H26FN7O. The molecule has 1 aromatic carbocycles. The quantitative estimate of drug-likeness (QED) is 0.628. The Morgan fingerprint density at radius 2 is 1.89 bits per heavy atom. The Bertz CT molecular complexity index is 1330. The Balaban J connectivity index is 1.33. The van der Waals surface area contributed by atoms with Gasteiger partial charge in [0.1, 0.15) is 5.82 Å². The zero-order valence-corrected chi connectivity index (χ0v) is 19.4. The fraction of sp³-hybridized carbons (Fsp3) is 0.385. The molecule has 0 radical (unpaired) electrons. The van der Waals surface area contributed by atoms with E-state index in [1.807, 2.05) is 18.3 Å². The summed E-state index contributed by atoms with van der Waals surface area (Å²) in [5, 5.41) is 17.1. The van der Waals surface area contributed by atoms with E-state index in [-0.39, 0.29) is 23.6 Å². The number of hydrogen-bond acceptors (Lipinski definition) is 6. The second-order valence-electron chi connectivity index (χ2n) is 9.38. The summed E-state index contributed by atoms with van der Waals surface area (Å²) < 4.78 is 16.4. The molecule has 6 rings (SSSR count). The van der Waals surface area contributed by atoms with Crippen LogP contribution in [0.1, 0.15) is 47.3 Å². The van der Waals surface area contributed by atoms with E-state index in [0.717, 1.165) is 31.7 Å². The largest absolute Gasteiger partial charge is 0.355 e. The topological polar surface area (TPSA) is 90.1 Å². The fourth-order valence-electron chi connectivity index (χ4n) is 5.58. The Labute approximate surface area is 203 Å². The number of anilines is 1. The van der Waals surface area contributed by atoms with Crippen molar-refractivity contribution in [1.29, 1.82) is 5.26 Å². The molecule has 3 aliphatic rings. The van der Waals surface area contributed by atoms with Gasteiger partial charge in [0.15, 0.2) is 5.82 Å². The average molecular weight is 472 g/mol. The first-order chi connectivity index (χ1) is 17.1. The minimum Gasteiger partial charge on any atom is -0.355 e. The summed E-state index contributed by atoms with van der Waals surface area (Å²) in [5.74, 6) is 0.104. The predicted molar refractivity (Wildman–Crippen MR) is 129 cm³/mol. The molecule has 9 heteroatoms. The third-order valence-corrected chi connectivity index (χ3v) is 7.37. The van der Waals surface area contributed by atoms with E-state index in [4.69, 9.17) is 5.10 Å². The number of carbonyl (C=O) groups excluding carboxylic acids is 1. The summed E-state index contributed by atoms with van der Waals surface area (Å²) in [6, 6.07) is 10.7. The molecule has 0 saturated carbocycles. The van der Waals surface area contributed by atoms with E-state index < -0.39 is 5.82 Å². The highest BCUT2D eigenvalue weighted by Crippen LogP contribution is 2.32. The monoisotopic (exact) mass is 471 g/mol. The van der Waals surface area contributed by atoms with Crippen molar-refractivity contribution in [1.82, 2.24) is 25.0 Å². The molecule has 3 aliphatic heterocycles. The van der Waals surface area contributed by atoms with Crippen LogP contribution in [0.3, 0.4) is 0 Å². The van der Waals surface area contributed by atoms with Crippen LogP contribution < -0.4 is 10.2 Å². The summed E-state index contributed by atoms with van der Waals surface area (Å²) in [6.45, 7) is 4.57. The van der Waals surface area contributed by atoms with Gasteiger partial charge in [-0.2, -0.15) is 10.4 Å². The highest BCUT2D eigenvalue weighted by molar-refractivity contribution is 6.01. The molecule has 0 aliphatic carbocycles. The first-order valence-corrected chi connectivity index (χ1v) is 12.2. The second-order valence-corrected chi connectivity index (χ2v) is 9.38. The van der Waals surface area contributed by atoms with Gasteiger partial charge in [0, 0.05) is 31.4 Å². The SMILES string of the molecule is N#Cc1cccc(F)c1-c1cc(-n2ccc(N3CCC(N4CCCC4)CC3)n2)c2c(n1)CNC2=O. The highest BCUT2D eigenvalue weighted by atomic mass is 19.1. The number of benzene rings is 1. The first-order valence-electron chi connectivity index (χ1n) is 12.2. The molecule has 0 unspecified atom stereocenters. The van der Waals surface area contributed by atoms with Gasteiger partial charge in [-0.1, -0.05) is 6.07 Å². The third kappa shape index (κ3) is 3.84. The van der Waals surface area contributed by atoms with Gasteiger partial charge in [0.25, 0.3) is 5.91 Å². The molecule has 3 aromatic rings. The molecule has 0 atom stereocenters. The van der Waals surface area contributed by atoms with E-state index in [1.165, 1.54) is 38.1 Å². The second kappa shape index (κ2) is 8.78. The van der Waals surface area contributed by atoms with Crippen LogP contribution >= 0.6 is 0 Å². The van der Waals surface area contributed by atoms with Crippen LogP contribution in [0.25, 0.3) is 16.9 Å². The van der Waals surface area contributed by atoms with Gasteiger partial charge in [0.05, 0.1) is 46.4 Å². The van der Waals surface area contributed by atoms with E-state index >= 15 is 0 Å². The number of fused-ring (bicyclic) bond motifs is 1. The van der Waals surface area contributed by atoms with E-state index in [9.17, 15) is 14.4 Å². The Morgan fingerprint density at radius 1 is 1.09 bits per heavy atom. The number of pyridine rings is 1. The Morgan fingerprint density at radius 3 is 2.66 bits per heavy atom. The lowest BCUT2D eigenvalue weighted by Gasteiger charge is -2.36. The molecule has 2 fully saturated rings. The van der Waals surface area contributed by atoms with Crippen LogP contribution in [-0.4, -0.2) is 57.8 Å². The Hall–Kier alpha value is -3.77. The summed E-state index contributed by atoms with van der Waals surface area (Å²) in [7, 11) is 0. The number of nitrogens with one attached hydrogen (secondary N) is 1. The van der Waals surface area contributed by atoms with Crippen LogP contribution in [0, 0.1) is 17.1 Å². The van der Waals surface area contributed by atoms with E-state index in [1.54, 1.807) is 16.8 Å². The van der Waals surface area contributed by atoms with Gasteiger partial charge in [-0.3, -0.25) is 4.79 Å². The van der Waals surface area contributed by atoms with Crippen LogP contribution in [0.15, 0.2) is 36.5 Å². The van der Waals surface area contributed by atoms with Gasteiger partial charge in [-0.25, -0.2) is 14.1 Å². The van der Waals surface area contributed by atoms with E-state index in [0.29, 0.717) is 28.7 Å². The maximum Gasteiger partial charge on any atom is 0.255 e. The molecule has 0 bridgehead atoms. The normalized spacial score (nSPS) is 18.5. The fourth-order valence-corrected chi connectivity index (χ4v) is 5.58. The van der Waals surface area contributed by atoms with Crippen molar-refractivity contribution < 1.29 is 9.18 Å². The van der Waals surface area contributed by atoms with Crippen molar-refractivity contribution in [2.75, 3.05) is 31.1 Å². The number of carbonyl (C=O) groups is 1. The first kappa shape index (κ1) is 21.7. The molecule has 1 N–H and O–H groups in total. The average Bonchev–Trinajstić information content (AvgIpc) is 3.65. The highest BCUT2D eigenvalue weighted by Gasteiger charge is 2.30. The van der Waals surface area contributed by atoms with Gasteiger partial charge in [-0.15, -0.1) is 0 Å². The number of halogens is 1. The maximum absolute atomic E-state index is 14.8. The molecule has 1 amide bonds. The molecule has 0 spiro atoms. The molecule has 35 heavy (non-hydrogen) atoms. The van der Waals surface area contributed by atoms with Crippen molar-refractivity contribution in [2.24, 2.45) is 0 Å². The number of hydrogen-bond donors (Lipinski definition) is 1. The number of likely N-dealkylation sites (tertiary alicyclic amines) is 1. The zero-order chi connectivity index (χ0) is 23.9. The molecule has 2 aromatic heterocycles. The molecule has 8 nitrogen and oxygen atoms in total. The van der Waals surface area contributed by atoms with Crippen LogP contribution in [0.4, 0.5) is 10.2 Å². The molecule has 5 heterocycles. The third-order valence-electron chi connectivity index (χ3n) is 7.37. The van der Waals surface area contributed by atoms with Gasteiger partial charge < -0.3 is 15.1 Å². The summed E-state index contributed by atoms with van der Waals surface area (Å²) in [4.78, 5) is 22.1. The Kier molecular flexibility index (Phi) is 5.46. The van der Waals surface area contributed by atoms with Crippen LogP contribution in [0.2, 0.25) is 0 Å². The van der Waals surface area contributed by atoms with Crippen molar-refractivity contribution in [3.63, 3.8) is 0 Å². The molecule has 178 valence electrons. The van der Waals surface area contributed by atoms with Gasteiger partial charge in [-0.05, 0) is 57.0 Å². The maximum atomic E-state index is 14.8. The van der Waals surface area contributed by atoms with Crippen LogP contribution in [0.5, 0.6) is 0 Å². The predicted octanol–water partition coefficient (Wildman–Crippen LogP) is 3.25. The standard InChI is InChI=1S/C26H26FN7O/c27-19-5-3-4-17(15-28)24(19)20-14-22(25-21(30-20)16-29-26(25)35)34-13-8-23(31-34)33-11-6-18(7-12-33)32-9-1-2-10-32/h3-5,8,13-14,18H,1-2,6-7,9-12,16H2,(H,29,35). The van der Waals surface area contributed by atoms with Crippen molar-refractivity contribution in [2.45, 2.75) is 38.3 Å². The number of piperidine rings is 1. The van der Waals surface area contributed by atoms with E-state index in [2.05, 4.69) is 20.1 Å². The van der Waals surface area contributed by atoms with Gasteiger partial charge in [0.2, 0.25) is 0 Å².